The first-order valence-electron chi connectivity index (χ1n) is 10.2. The Bertz CT molecular complexity index is 807. The number of imidazole rings is 1. The van der Waals surface area contributed by atoms with Gasteiger partial charge < -0.3 is 14.8 Å². The molecule has 1 saturated carbocycles. The number of hydrogen-bond donors (Lipinski definition) is 1. The van der Waals surface area contributed by atoms with E-state index in [0.717, 1.165) is 22.2 Å². The molecule has 1 atom stereocenters. The Labute approximate surface area is 172 Å². The van der Waals surface area contributed by atoms with Crippen LogP contribution in [0.5, 0.6) is 0 Å². The lowest BCUT2D eigenvalue weighted by Gasteiger charge is -2.26. The number of carbonyl (C=O) groups excluding carboxylic acids is 1. The van der Waals surface area contributed by atoms with Crippen molar-refractivity contribution in [3.63, 3.8) is 0 Å². The monoisotopic (exact) mass is 400 g/mol. The van der Waals surface area contributed by atoms with Crippen LogP contribution in [0.15, 0.2) is 29.4 Å². The molecule has 0 aliphatic heterocycles. The third-order valence-corrected chi connectivity index (χ3v) is 6.66. The smallest absolute Gasteiger partial charge is 0.237 e. The first-order chi connectivity index (χ1) is 13.4. The van der Waals surface area contributed by atoms with E-state index in [1.807, 2.05) is 50.2 Å². The first kappa shape index (κ1) is 20.8. The van der Waals surface area contributed by atoms with Crippen molar-refractivity contribution in [1.82, 2.24) is 9.55 Å². The van der Waals surface area contributed by atoms with Gasteiger partial charge in [-0.2, -0.15) is 0 Å². The minimum Gasteiger partial charge on any atom is -0.378 e. The Morgan fingerprint density at radius 1 is 1.18 bits per heavy atom. The summed E-state index contributed by atoms with van der Waals surface area (Å²) in [4.78, 5) is 19.6. The van der Waals surface area contributed by atoms with Crippen molar-refractivity contribution in [3.8, 4) is 0 Å². The van der Waals surface area contributed by atoms with Crippen LogP contribution < -0.4 is 10.2 Å². The highest BCUT2D eigenvalue weighted by molar-refractivity contribution is 8.00. The second-order valence-electron chi connectivity index (χ2n) is 7.92. The van der Waals surface area contributed by atoms with E-state index in [4.69, 9.17) is 4.98 Å². The fourth-order valence-electron chi connectivity index (χ4n) is 3.75. The van der Waals surface area contributed by atoms with Gasteiger partial charge >= 0.3 is 0 Å². The van der Waals surface area contributed by atoms with Crippen molar-refractivity contribution in [2.75, 3.05) is 24.3 Å². The Balaban J connectivity index is 1.69. The van der Waals surface area contributed by atoms with E-state index < -0.39 is 0 Å². The van der Waals surface area contributed by atoms with Crippen LogP contribution in [-0.2, 0) is 4.79 Å². The van der Waals surface area contributed by atoms with Crippen molar-refractivity contribution in [2.24, 2.45) is 0 Å². The highest BCUT2D eigenvalue weighted by Gasteiger charge is 2.25. The van der Waals surface area contributed by atoms with Gasteiger partial charge in [-0.25, -0.2) is 4.98 Å². The van der Waals surface area contributed by atoms with Gasteiger partial charge in [-0.1, -0.05) is 31.0 Å². The van der Waals surface area contributed by atoms with E-state index in [9.17, 15) is 4.79 Å². The molecule has 6 heteroatoms. The van der Waals surface area contributed by atoms with Crippen molar-refractivity contribution in [1.29, 1.82) is 0 Å². The number of amides is 1. The Morgan fingerprint density at radius 3 is 2.43 bits per heavy atom. The quantitative estimate of drug-likeness (QED) is 0.678. The number of benzene rings is 1. The van der Waals surface area contributed by atoms with E-state index in [1.54, 1.807) is 11.8 Å². The van der Waals surface area contributed by atoms with Crippen LogP contribution in [-0.4, -0.2) is 34.8 Å². The topological polar surface area (TPSA) is 50.2 Å². The van der Waals surface area contributed by atoms with E-state index in [0.29, 0.717) is 6.04 Å². The molecular weight excluding hydrogens is 368 g/mol. The van der Waals surface area contributed by atoms with Gasteiger partial charge in [0.1, 0.15) is 0 Å². The fourth-order valence-corrected chi connectivity index (χ4v) is 4.82. The number of nitrogens with zero attached hydrogens (tertiary/aromatic N) is 3. The van der Waals surface area contributed by atoms with Gasteiger partial charge in [0.15, 0.2) is 5.16 Å². The van der Waals surface area contributed by atoms with Crippen LogP contribution in [0.4, 0.5) is 11.4 Å². The summed E-state index contributed by atoms with van der Waals surface area (Å²) in [5, 5.41) is 3.80. The molecule has 3 rings (SSSR count). The summed E-state index contributed by atoms with van der Waals surface area (Å²) >= 11 is 1.57. The summed E-state index contributed by atoms with van der Waals surface area (Å²) in [5.74, 6) is 0.0103. The van der Waals surface area contributed by atoms with Gasteiger partial charge in [-0.05, 0) is 57.9 Å². The van der Waals surface area contributed by atoms with Gasteiger partial charge in [-0.15, -0.1) is 0 Å². The van der Waals surface area contributed by atoms with Crippen molar-refractivity contribution in [3.05, 3.63) is 35.7 Å². The molecule has 152 valence electrons. The number of anilines is 2. The Hall–Kier alpha value is -1.95. The molecule has 1 N–H and O–H groups in total. The lowest BCUT2D eigenvalue weighted by atomic mass is 9.95. The van der Waals surface area contributed by atoms with Crippen molar-refractivity contribution >= 4 is 29.0 Å². The van der Waals surface area contributed by atoms with E-state index >= 15 is 0 Å². The number of thioether (sulfide) groups is 1. The van der Waals surface area contributed by atoms with Gasteiger partial charge in [0.05, 0.1) is 10.9 Å². The lowest BCUT2D eigenvalue weighted by molar-refractivity contribution is -0.115. The molecule has 1 amide bonds. The molecule has 1 heterocycles. The molecule has 1 fully saturated rings. The zero-order chi connectivity index (χ0) is 20.3. The summed E-state index contributed by atoms with van der Waals surface area (Å²) in [6.07, 6.45) is 6.32. The summed E-state index contributed by atoms with van der Waals surface area (Å²) in [7, 11) is 4.01. The van der Waals surface area contributed by atoms with Gasteiger partial charge in [0, 0.05) is 37.2 Å². The molecule has 0 bridgehead atoms. The van der Waals surface area contributed by atoms with Crippen LogP contribution in [0.1, 0.15) is 56.5 Å². The van der Waals surface area contributed by atoms with Crippen LogP contribution in [0.2, 0.25) is 0 Å². The zero-order valence-electron chi connectivity index (χ0n) is 17.7. The normalized spacial score (nSPS) is 16.0. The number of carbonyl (C=O) groups is 1. The largest absolute Gasteiger partial charge is 0.378 e. The Morgan fingerprint density at radius 2 is 1.82 bits per heavy atom. The molecule has 0 spiro atoms. The third-order valence-electron chi connectivity index (χ3n) is 5.60. The molecule has 1 aromatic carbocycles. The van der Waals surface area contributed by atoms with Crippen LogP contribution in [0.3, 0.4) is 0 Å². The highest BCUT2D eigenvalue weighted by Crippen LogP contribution is 2.35. The summed E-state index contributed by atoms with van der Waals surface area (Å²) in [6.45, 7) is 6.17. The molecular formula is C22H32N4OS. The SMILES string of the molecule is Cc1nc(SC(C)C(=O)Nc2ccc(N(C)C)cc2)n(C2CCCCC2)c1C. The average molecular weight is 401 g/mol. The number of aromatic nitrogens is 2. The summed E-state index contributed by atoms with van der Waals surface area (Å²) < 4.78 is 2.38. The summed E-state index contributed by atoms with van der Waals surface area (Å²) in [6, 6.07) is 8.43. The molecule has 1 aliphatic carbocycles. The maximum atomic E-state index is 12.7. The Kier molecular flexibility index (Phi) is 6.70. The lowest BCUT2D eigenvalue weighted by Crippen LogP contribution is -2.23. The summed E-state index contributed by atoms with van der Waals surface area (Å²) in [5.41, 5.74) is 4.24. The highest BCUT2D eigenvalue weighted by atomic mass is 32.2. The molecule has 0 radical (unpaired) electrons. The molecule has 2 aromatic rings. The minimum atomic E-state index is -0.211. The van der Waals surface area contributed by atoms with Crippen molar-refractivity contribution < 1.29 is 4.79 Å². The maximum Gasteiger partial charge on any atom is 0.237 e. The second-order valence-corrected chi connectivity index (χ2v) is 9.23. The van der Waals surface area contributed by atoms with E-state index in [2.05, 4.69) is 23.7 Å². The maximum absolute atomic E-state index is 12.7. The molecule has 0 saturated heterocycles. The van der Waals surface area contributed by atoms with Crippen LogP contribution in [0.25, 0.3) is 0 Å². The number of rotatable bonds is 6. The zero-order valence-corrected chi connectivity index (χ0v) is 18.5. The number of nitrogens with one attached hydrogen (secondary N) is 1. The predicted molar refractivity (Wildman–Crippen MR) is 119 cm³/mol. The van der Waals surface area contributed by atoms with Crippen LogP contribution >= 0.6 is 11.8 Å². The fraction of sp³-hybridized carbons (Fsp3) is 0.545. The van der Waals surface area contributed by atoms with Crippen molar-refractivity contribution in [2.45, 2.75) is 69.3 Å². The molecule has 1 aliphatic rings. The predicted octanol–water partition coefficient (Wildman–Crippen LogP) is 5.19. The van der Waals surface area contributed by atoms with Crippen LogP contribution in [0, 0.1) is 13.8 Å². The first-order valence-corrected chi connectivity index (χ1v) is 11.0. The average Bonchev–Trinajstić information content (AvgIpc) is 2.96. The van der Waals surface area contributed by atoms with E-state index in [1.165, 1.54) is 37.8 Å². The van der Waals surface area contributed by atoms with Gasteiger partial charge in [-0.3, -0.25) is 4.79 Å². The second kappa shape index (κ2) is 9.03. The third kappa shape index (κ3) is 4.72. The van der Waals surface area contributed by atoms with Gasteiger partial charge in [0.25, 0.3) is 0 Å². The standard InChI is InChI=1S/C22H32N4OS/c1-15-16(2)26(20-9-7-6-8-10-20)22(23-15)28-17(3)21(27)24-18-11-13-19(14-12-18)25(4)5/h11-14,17,20H,6-10H2,1-5H3,(H,24,27). The number of aryl methyl sites for hydroxylation is 1. The minimum absolute atomic E-state index is 0.0103. The van der Waals surface area contributed by atoms with Gasteiger partial charge in [0.2, 0.25) is 5.91 Å². The number of hydrogen-bond acceptors (Lipinski definition) is 4. The molecule has 1 aromatic heterocycles. The molecule has 28 heavy (non-hydrogen) atoms. The molecule has 5 nitrogen and oxygen atoms in total. The van der Waals surface area contributed by atoms with E-state index in [-0.39, 0.29) is 11.2 Å². The molecule has 1 unspecified atom stereocenters.